The molecular formula is C19H19ClN4. The summed E-state index contributed by atoms with van der Waals surface area (Å²) in [7, 11) is 0. The Balaban J connectivity index is 1.86. The third kappa shape index (κ3) is 4.03. The Labute approximate surface area is 146 Å². The van der Waals surface area contributed by atoms with Crippen molar-refractivity contribution in [3.05, 3.63) is 70.4 Å². The van der Waals surface area contributed by atoms with E-state index in [9.17, 15) is 0 Å². The molecule has 0 aliphatic rings. The van der Waals surface area contributed by atoms with Gasteiger partial charge in [-0.15, -0.1) is 0 Å². The fourth-order valence-corrected chi connectivity index (χ4v) is 2.67. The van der Waals surface area contributed by atoms with Crippen LogP contribution in [-0.4, -0.2) is 9.97 Å². The number of nitrogens with zero attached hydrogens (tertiary/aromatic N) is 2. The average molecular weight is 339 g/mol. The van der Waals surface area contributed by atoms with Crippen molar-refractivity contribution in [2.45, 2.75) is 20.8 Å². The minimum atomic E-state index is 0.565. The number of rotatable bonds is 4. The second-order valence-corrected chi connectivity index (χ2v) is 6.23. The highest BCUT2D eigenvalue weighted by Crippen LogP contribution is 2.24. The number of benzene rings is 2. The average Bonchev–Trinajstić information content (AvgIpc) is 2.49. The van der Waals surface area contributed by atoms with Gasteiger partial charge in [-0.05, 0) is 62.2 Å². The van der Waals surface area contributed by atoms with Crippen LogP contribution in [0.5, 0.6) is 0 Å². The molecule has 0 spiro atoms. The molecule has 24 heavy (non-hydrogen) atoms. The van der Waals surface area contributed by atoms with E-state index in [-0.39, 0.29) is 0 Å². The molecule has 0 aliphatic carbocycles. The van der Waals surface area contributed by atoms with E-state index < -0.39 is 0 Å². The molecule has 0 aliphatic heterocycles. The molecule has 0 saturated heterocycles. The summed E-state index contributed by atoms with van der Waals surface area (Å²) in [5.41, 5.74) is 5.07. The number of hydrogen-bond acceptors (Lipinski definition) is 4. The third-order valence-corrected chi connectivity index (χ3v) is 3.81. The minimum Gasteiger partial charge on any atom is -0.340 e. The first-order valence-electron chi connectivity index (χ1n) is 7.72. The van der Waals surface area contributed by atoms with Gasteiger partial charge in [0.1, 0.15) is 5.82 Å². The van der Waals surface area contributed by atoms with E-state index in [0.29, 0.717) is 5.95 Å². The number of aromatic nitrogens is 2. The standard InChI is InChI=1S/C19H19ClN4/c1-12-5-4-6-16(9-12)22-19-21-14(3)11-18(24-19)23-17-8-7-15(20)10-13(17)2/h4-11H,1-3H3,(H2,21,22,23,24). The Morgan fingerprint density at radius 2 is 1.71 bits per heavy atom. The zero-order valence-corrected chi connectivity index (χ0v) is 14.6. The first kappa shape index (κ1) is 16.3. The number of hydrogen-bond donors (Lipinski definition) is 2. The van der Waals surface area contributed by atoms with Crippen LogP contribution in [0.15, 0.2) is 48.5 Å². The molecule has 0 atom stereocenters. The number of anilines is 4. The fourth-order valence-electron chi connectivity index (χ4n) is 2.45. The second-order valence-electron chi connectivity index (χ2n) is 5.80. The molecule has 0 bridgehead atoms. The van der Waals surface area contributed by atoms with E-state index >= 15 is 0 Å². The van der Waals surface area contributed by atoms with Gasteiger partial charge in [0, 0.05) is 28.2 Å². The van der Waals surface area contributed by atoms with Crippen molar-refractivity contribution in [2.75, 3.05) is 10.6 Å². The second kappa shape index (κ2) is 6.89. The lowest BCUT2D eigenvalue weighted by atomic mass is 10.2. The zero-order valence-electron chi connectivity index (χ0n) is 13.9. The smallest absolute Gasteiger partial charge is 0.229 e. The lowest BCUT2D eigenvalue weighted by molar-refractivity contribution is 1.11. The highest BCUT2D eigenvalue weighted by atomic mass is 35.5. The van der Waals surface area contributed by atoms with Gasteiger partial charge in [0.05, 0.1) is 0 Å². The van der Waals surface area contributed by atoms with Crippen LogP contribution in [0.25, 0.3) is 0 Å². The first-order chi connectivity index (χ1) is 11.5. The first-order valence-corrected chi connectivity index (χ1v) is 8.10. The van der Waals surface area contributed by atoms with Crippen LogP contribution >= 0.6 is 11.6 Å². The van der Waals surface area contributed by atoms with Crippen LogP contribution in [0.4, 0.5) is 23.1 Å². The van der Waals surface area contributed by atoms with Crippen molar-refractivity contribution in [3.8, 4) is 0 Å². The van der Waals surface area contributed by atoms with Gasteiger partial charge >= 0.3 is 0 Å². The van der Waals surface area contributed by atoms with E-state index in [1.165, 1.54) is 5.56 Å². The van der Waals surface area contributed by atoms with Gasteiger partial charge in [-0.1, -0.05) is 23.7 Å². The molecule has 2 aromatic carbocycles. The monoisotopic (exact) mass is 338 g/mol. The van der Waals surface area contributed by atoms with E-state index in [2.05, 4.69) is 39.7 Å². The fraction of sp³-hybridized carbons (Fsp3) is 0.158. The van der Waals surface area contributed by atoms with Gasteiger partial charge in [0.15, 0.2) is 0 Å². The summed E-state index contributed by atoms with van der Waals surface area (Å²) in [6.07, 6.45) is 0. The van der Waals surface area contributed by atoms with Gasteiger partial charge in [0.25, 0.3) is 0 Å². The Morgan fingerprint density at radius 1 is 0.875 bits per heavy atom. The summed E-state index contributed by atoms with van der Waals surface area (Å²) in [6, 6.07) is 15.7. The van der Waals surface area contributed by atoms with Crippen molar-refractivity contribution in [3.63, 3.8) is 0 Å². The molecule has 1 aromatic heterocycles. The molecule has 1 heterocycles. The Bertz CT molecular complexity index is 877. The third-order valence-electron chi connectivity index (χ3n) is 3.58. The number of nitrogens with one attached hydrogen (secondary N) is 2. The highest BCUT2D eigenvalue weighted by Gasteiger charge is 2.05. The van der Waals surface area contributed by atoms with Gasteiger partial charge in [-0.3, -0.25) is 0 Å². The summed E-state index contributed by atoms with van der Waals surface area (Å²) >= 11 is 6.01. The lowest BCUT2D eigenvalue weighted by Gasteiger charge is -2.12. The van der Waals surface area contributed by atoms with Crippen molar-refractivity contribution >= 4 is 34.7 Å². The topological polar surface area (TPSA) is 49.8 Å². The summed E-state index contributed by atoms with van der Waals surface area (Å²) in [5, 5.41) is 7.30. The van der Waals surface area contributed by atoms with Crippen molar-refractivity contribution < 1.29 is 0 Å². The normalized spacial score (nSPS) is 10.5. The molecule has 0 amide bonds. The molecule has 5 heteroatoms. The predicted octanol–water partition coefficient (Wildman–Crippen LogP) is 5.54. The maximum Gasteiger partial charge on any atom is 0.229 e. The van der Waals surface area contributed by atoms with E-state index in [1.54, 1.807) is 0 Å². The largest absolute Gasteiger partial charge is 0.340 e. The molecule has 122 valence electrons. The Hall–Kier alpha value is -2.59. The predicted molar refractivity (Wildman–Crippen MR) is 101 cm³/mol. The van der Waals surface area contributed by atoms with Crippen LogP contribution in [0.1, 0.15) is 16.8 Å². The van der Waals surface area contributed by atoms with E-state index in [4.69, 9.17) is 11.6 Å². The molecule has 2 N–H and O–H groups in total. The highest BCUT2D eigenvalue weighted by molar-refractivity contribution is 6.30. The Kier molecular flexibility index (Phi) is 4.67. The number of halogens is 1. The molecular weight excluding hydrogens is 320 g/mol. The quantitative estimate of drug-likeness (QED) is 0.655. The van der Waals surface area contributed by atoms with Crippen LogP contribution in [0.3, 0.4) is 0 Å². The van der Waals surface area contributed by atoms with Crippen LogP contribution in [0.2, 0.25) is 5.02 Å². The van der Waals surface area contributed by atoms with Gasteiger partial charge in [0.2, 0.25) is 5.95 Å². The van der Waals surface area contributed by atoms with Crippen LogP contribution < -0.4 is 10.6 Å². The van der Waals surface area contributed by atoms with Gasteiger partial charge in [-0.2, -0.15) is 4.98 Å². The summed E-state index contributed by atoms with van der Waals surface area (Å²) in [4.78, 5) is 9.00. The van der Waals surface area contributed by atoms with Crippen molar-refractivity contribution in [1.82, 2.24) is 9.97 Å². The molecule has 3 rings (SSSR count). The molecule has 3 aromatic rings. The SMILES string of the molecule is Cc1cccc(Nc2nc(C)cc(Nc3ccc(Cl)cc3C)n2)c1. The maximum absolute atomic E-state index is 6.01. The molecule has 0 unspecified atom stereocenters. The zero-order chi connectivity index (χ0) is 17.1. The van der Waals surface area contributed by atoms with Gasteiger partial charge < -0.3 is 10.6 Å². The molecule has 0 saturated carbocycles. The molecule has 0 radical (unpaired) electrons. The summed E-state index contributed by atoms with van der Waals surface area (Å²) in [6.45, 7) is 6.01. The van der Waals surface area contributed by atoms with Crippen LogP contribution in [-0.2, 0) is 0 Å². The van der Waals surface area contributed by atoms with E-state index in [0.717, 1.165) is 33.5 Å². The van der Waals surface area contributed by atoms with Crippen molar-refractivity contribution in [2.24, 2.45) is 0 Å². The van der Waals surface area contributed by atoms with Gasteiger partial charge in [-0.25, -0.2) is 4.98 Å². The maximum atomic E-state index is 6.01. The molecule has 4 nitrogen and oxygen atoms in total. The lowest BCUT2D eigenvalue weighted by Crippen LogP contribution is -2.03. The minimum absolute atomic E-state index is 0.565. The van der Waals surface area contributed by atoms with E-state index in [1.807, 2.05) is 50.2 Å². The summed E-state index contributed by atoms with van der Waals surface area (Å²) in [5.74, 6) is 1.30. The summed E-state index contributed by atoms with van der Waals surface area (Å²) < 4.78 is 0. The molecule has 0 fully saturated rings. The van der Waals surface area contributed by atoms with Crippen molar-refractivity contribution in [1.29, 1.82) is 0 Å². The van der Waals surface area contributed by atoms with Crippen LogP contribution in [0, 0.1) is 20.8 Å². The Morgan fingerprint density at radius 3 is 2.46 bits per heavy atom. The number of aryl methyl sites for hydroxylation is 3.